The topological polar surface area (TPSA) is 100 Å². The van der Waals surface area contributed by atoms with Gasteiger partial charge in [0.2, 0.25) is 0 Å². The highest BCUT2D eigenvalue weighted by atomic mass is 32.2. The van der Waals surface area contributed by atoms with Crippen molar-refractivity contribution in [3.05, 3.63) is 71.7 Å². The molecule has 1 N–H and O–H groups in total. The smallest absolute Gasteiger partial charge is 0.137 e. The Bertz CT molecular complexity index is 1300. The van der Waals surface area contributed by atoms with E-state index >= 15 is 0 Å². The van der Waals surface area contributed by atoms with Gasteiger partial charge in [-0.2, -0.15) is 5.26 Å². The molecule has 1 atom stereocenters. The van der Waals surface area contributed by atoms with Crippen molar-refractivity contribution in [2.45, 2.75) is 49.1 Å². The lowest BCUT2D eigenvalue weighted by Crippen LogP contribution is -2.41. The van der Waals surface area contributed by atoms with Gasteiger partial charge in [-0.05, 0) is 74.9 Å². The first-order chi connectivity index (χ1) is 18.6. The first kappa shape index (κ1) is 26.4. The zero-order chi connectivity index (χ0) is 26.3. The average Bonchev–Trinajstić information content (AvgIpc) is 2.95. The maximum Gasteiger partial charge on any atom is 0.137 e. The van der Waals surface area contributed by atoms with Gasteiger partial charge in [-0.1, -0.05) is 12.1 Å². The zero-order valence-electron chi connectivity index (χ0n) is 21.6. The molecule has 0 radical (unpaired) electrons. The molecule has 1 unspecified atom stereocenters. The number of nitrogens with zero attached hydrogens (tertiary/aromatic N) is 4. The molecule has 8 nitrogen and oxygen atoms in total. The molecule has 0 bridgehead atoms. The van der Waals surface area contributed by atoms with Gasteiger partial charge < -0.3 is 14.4 Å². The van der Waals surface area contributed by atoms with Crippen LogP contribution in [0.15, 0.2) is 59.6 Å². The van der Waals surface area contributed by atoms with Gasteiger partial charge in [0.15, 0.2) is 0 Å². The van der Waals surface area contributed by atoms with E-state index in [1.807, 2.05) is 48.5 Å². The second-order valence-corrected chi connectivity index (χ2v) is 11.1. The first-order valence-corrected chi connectivity index (χ1v) is 14.3. The van der Waals surface area contributed by atoms with Crippen LogP contribution in [0.4, 0.5) is 0 Å². The van der Waals surface area contributed by atoms with E-state index in [-0.39, 0.29) is 12.1 Å². The highest BCUT2D eigenvalue weighted by molar-refractivity contribution is 7.83. The van der Waals surface area contributed by atoms with Crippen LogP contribution >= 0.6 is 0 Å². The molecule has 0 aliphatic carbocycles. The minimum Gasteiger partial charge on any atom is -0.489 e. The van der Waals surface area contributed by atoms with Crippen LogP contribution < -0.4 is 9.46 Å². The van der Waals surface area contributed by atoms with E-state index in [1.54, 1.807) is 6.20 Å². The summed E-state index contributed by atoms with van der Waals surface area (Å²) in [6.07, 6.45) is 6.04. The number of likely N-dealkylation sites (tertiary alicyclic amines) is 1. The Balaban J connectivity index is 1.23. The Morgan fingerprint density at radius 1 is 1.11 bits per heavy atom. The molecule has 2 aliphatic rings. The zero-order valence-corrected chi connectivity index (χ0v) is 22.5. The summed E-state index contributed by atoms with van der Waals surface area (Å²) < 4.78 is 27.5. The van der Waals surface area contributed by atoms with Crippen molar-refractivity contribution < 1.29 is 13.7 Å². The quantitative estimate of drug-likeness (QED) is 0.471. The van der Waals surface area contributed by atoms with Crippen molar-refractivity contribution in [2.75, 3.05) is 33.4 Å². The molecule has 0 saturated carbocycles. The van der Waals surface area contributed by atoms with Gasteiger partial charge in [0.25, 0.3) is 0 Å². The normalized spacial score (nSPS) is 18.1. The Kier molecular flexibility index (Phi) is 8.76. The number of piperidine rings is 1. The molecule has 9 heteroatoms. The predicted octanol–water partition coefficient (Wildman–Crippen LogP) is 3.87. The van der Waals surface area contributed by atoms with E-state index in [1.165, 1.54) is 0 Å². The summed E-state index contributed by atoms with van der Waals surface area (Å²) in [6, 6.07) is 17.8. The lowest BCUT2D eigenvalue weighted by molar-refractivity contribution is 0.0254. The van der Waals surface area contributed by atoms with Crippen LogP contribution in [0.3, 0.4) is 0 Å². The van der Waals surface area contributed by atoms with Crippen molar-refractivity contribution >= 4 is 11.0 Å². The van der Waals surface area contributed by atoms with Gasteiger partial charge in [0.1, 0.15) is 34.7 Å². The molecule has 38 heavy (non-hydrogen) atoms. The van der Waals surface area contributed by atoms with E-state index < -0.39 is 11.0 Å². The Morgan fingerprint density at radius 3 is 2.61 bits per heavy atom. The number of aromatic nitrogens is 2. The molecule has 198 valence electrons. The van der Waals surface area contributed by atoms with Crippen LogP contribution in [0, 0.1) is 11.3 Å². The van der Waals surface area contributed by atoms with Crippen molar-refractivity contribution in [2.24, 2.45) is 0 Å². The molecule has 0 amide bonds. The fourth-order valence-electron chi connectivity index (χ4n) is 4.76. The standard InChI is InChI=1S/C29H33N5O3S/c1-34-14-9-24(10-15-34)33-38(35)26-5-2-21(3-6-26)18-29-31-13-8-27(32-29)22-4-7-28(23(19-22)20-30)37-25-11-16-36-17-12-25/h2-8,13,19,24-25,33H,9-12,14-18H2,1H3. The van der Waals surface area contributed by atoms with Crippen molar-refractivity contribution in [1.29, 1.82) is 5.26 Å². The van der Waals surface area contributed by atoms with Crippen LogP contribution in [0.5, 0.6) is 5.75 Å². The molecule has 2 aliphatic heterocycles. The maximum atomic E-state index is 12.8. The first-order valence-electron chi connectivity index (χ1n) is 13.1. The number of benzene rings is 2. The largest absolute Gasteiger partial charge is 0.489 e. The van der Waals surface area contributed by atoms with E-state index in [0.29, 0.717) is 36.8 Å². The van der Waals surface area contributed by atoms with Gasteiger partial charge >= 0.3 is 0 Å². The van der Waals surface area contributed by atoms with Gasteiger partial charge in [-0.15, -0.1) is 0 Å². The molecule has 1 aromatic heterocycles. The van der Waals surface area contributed by atoms with E-state index in [2.05, 4.69) is 27.7 Å². The van der Waals surface area contributed by atoms with Crippen molar-refractivity contribution in [1.82, 2.24) is 19.6 Å². The summed E-state index contributed by atoms with van der Waals surface area (Å²) in [6.45, 7) is 3.42. The number of hydrogen-bond donors (Lipinski definition) is 1. The summed E-state index contributed by atoms with van der Waals surface area (Å²) in [5.74, 6) is 1.28. The van der Waals surface area contributed by atoms with Crippen LogP contribution in [0.25, 0.3) is 11.3 Å². The molecule has 5 rings (SSSR count). The minimum atomic E-state index is -1.23. The Hall–Kier alpha value is -3.16. The summed E-state index contributed by atoms with van der Waals surface area (Å²) in [7, 11) is 0.894. The third-order valence-electron chi connectivity index (χ3n) is 7.06. The highest BCUT2D eigenvalue weighted by Gasteiger charge is 2.19. The van der Waals surface area contributed by atoms with Crippen LogP contribution in [-0.2, 0) is 22.1 Å². The number of nitrogens with one attached hydrogen (secondary N) is 1. The molecule has 3 aromatic rings. The van der Waals surface area contributed by atoms with Gasteiger partial charge in [-0.3, -0.25) is 0 Å². The average molecular weight is 532 g/mol. The van der Waals surface area contributed by atoms with E-state index in [4.69, 9.17) is 14.5 Å². The number of rotatable bonds is 8. The Labute approximate surface area is 226 Å². The van der Waals surface area contributed by atoms with E-state index in [9.17, 15) is 9.47 Å². The lowest BCUT2D eigenvalue weighted by atomic mass is 10.1. The summed E-state index contributed by atoms with van der Waals surface area (Å²) >= 11 is 0. The third-order valence-corrected chi connectivity index (χ3v) is 8.30. The monoisotopic (exact) mass is 531 g/mol. The third kappa shape index (κ3) is 6.83. The molecule has 2 fully saturated rings. The number of hydrogen-bond acceptors (Lipinski definition) is 7. The molecule has 2 saturated heterocycles. The van der Waals surface area contributed by atoms with Gasteiger partial charge in [-0.25, -0.2) is 18.9 Å². The summed E-state index contributed by atoms with van der Waals surface area (Å²) in [5, 5.41) is 9.72. The van der Waals surface area contributed by atoms with E-state index in [0.717, 1.165) is 60.5 Å². The number of nitriles is 1. The SMILES string of the molecule is CN1CCC(NS(=O)c2ccc(Cc3nccc(-c4ccc(OC5CCOCC5)c(C#N)c4)n3)cc2)CC1. The van der Waals surface area contributed by atoms with Crippen molar-refractivity contribution in [3.63, 3.8) is 0 Å². The second-order valence-electron chi connectivity index (χ2n) is 9.90. The molecular formula is C29H33N5O3S. The van der Waals surface area contributed by atoms with Crippen molar-refractivity contribution in [3.8, 4) is 23.1 Å². The van der Waals surface area contributed by atoms with Crippen LogP contribution in [0.1, 0.15) is 42.6 Å². The summed E-state index contributed by atoms with van der Waals surface area (Å²) in [5.41, 5.74) is 3.13. The fraction of sp³-hybridized carbons (Fsp3) is 0.414. The lowest BCUT2D eigenvalue weighted by Gasteiger charge is -2.29. The molecule has 2 aromatic carbocycles. The minimum absolute atomic E-state index is 0.0706. The molecular weight excluding hydrogens is 498 g/mol. The predicted molar refractivity (Wildman–Crippen MR) is 146 cm³/mol. The van der Waals surface area contributed by atoms with Crippen LogP contribution in [-0.4, -0.2) is 64.6 Å². The molecule has 0 spiro atoms. The Morgan fingerprint density at radius 2 is 1.87 bits per heavy atom. The molecule has 3 heterocycles. The summed E-state index contributed by atoms with van der Waals surface area (Å²) in [4.78, 5) is 12.3. The maximum absolute atomic E-state index is 12.8. The van der Waals surface area contributed by atoms with Crippen LogP contribution in [0.2, 0.25) is 0 Å². The second kappa shape index (κ2) is 12.6. The number of ether oxygens (including phenoxy) is 2. The fourth-order valence-corrected chi connectivity index (χ4v) is 5.81. The van der Waals surface area contributed by atoms with Gasteiger partial charge in [0, 0.05) is 37.1 Å². The highest BCUT2D eigenvalue weighted by Crippen LogP contribution is 2.28. The van der Waals surface area contributed by atoms with Gasteiger partial charge in [0.05, 0.1) is 29.4 Å².